The van der Waals surface area contributed by atoms with E-state index in [0.29, 0.717) is 0 Å². The Hall–Kier alpha value is -1.48. The summed E-state index contributed by atoms with van der Waals surface area (Å²) in [7, 11) is 0.348. The second kappa shape index (κ2) is 4.89. The average molecular weight is 274 g/mol. The largest absolute Gasteiger partial charge is 0.215 e. The van der Waals surface area contributed by atoms with E-state index in [9.17, 15) is 4.39 Å². The van der Waals surface area contributed by atoms with Gasteiger partial charge in [-0.15, -0.1) is 0 Å². The van der Waals surface area contributed by atoms with Crippen molar-refractivity contribution in [3.05, 3.63) is 47.9 Å². The molecule has 1 heterocycles. The maximum atomic E-state index is 14.4. The van der Waals surface area contributed by atoms with Crippen LogP contribution in [-0.4, -0.2) is 8.07 Å². The van der Waals surface area contributed by atoms with Crippen molar-refractivity contribution in [2.24, 2.45) is 7.05 Å². The lowest BCUT2D eigenvalue weighted by Gasteiger charge is -2.16. The van der Waals surface area contributed by atoms with E-state index in [1.807, 2.05) is 36.0 Å². The van der Waals surface area contributed by atoms with E-state index in [1.165, 1.54) is 5.56 Å². The molecule has 0 aliphatic rings. The number of hydrogen-bond donors (Lipinski definition) is 0. The molecule has 0 fully saturated rings. The van der Waals surface area contributed by atoms with E-state index in [2.05, 4.69) is 32.6 Å². The Kier molecular flexibility index (Phi) is 3.59. The van der Waals surface area contributed by atoms with Crippen LogP contribution in [0.15, 0.2) is 36.5 Å². The summed E-state index contributed by atoms with van der Waals surface area (Å²) < 4.78 is 16.4. The smallest absolute Gasteiger partial charge is 0.207 e. The number of hydrogen-bond acceptors (Lipinski definition) is 0. The van der Waals surface area contributed by atoms with Crippen LogP contribution in [0.5, 0.6) is 0 Å². The Labute approximate surface area is 115 Å². The molecule has 0 bridgehead atoms. The molecule has 0 atom stereocenters. The van der Waals surface area contributed by atoms with Gasteiger partial charge in [0.05, 0.1) is 8.07 Å². The molecule has 0 N–H and O–H groups in total. The van der Waals surface area contributed by atoms with Crippen LogP contribution in [0, 0.1) is 12.7 Å². The highest BCUT2D eigenvalue weighted by Gasteiger charge is 2.26. The number of rotatable bonds is 2. The van der Waals surface area contributed by atoms with Gasteiger partial charge in [-0.05, 0) is 18.6 Å². The van der Waals surface area contributed by atoms with Gasteiger partial charge in [0.1, 0.15) is 12.9 Å². The zero-order chi connectivity index (χ0) is 14.2. The summed E-state index contributed by atoms with van der Waals surface area (Å²) in [4.78, 5) is 0. The molecular weight excluding hydrogens is 253 g/mol. The van der Waals surface area contributed by atoms with E-state index in [-0.39, 0.29) is 5.82 Å². The van der Waals surface area contributed by atoms with Crippen LogP contribution in [0.25, 0.3) is 11.3 Å². The van der Waals surface area contributed by atoms with Crippen molar-refractivity contribution in [2.45, 2.75) is 26.6 Å². The Bertz CT molecular complexity index is 615. The summed E-state index contributed by atoms with van der Waals surface area (Å²) in [5, 5.41) is 0.882. The van der Waals surface area contributed by atoms with Crippen molar-refractivity contribution in [3.63, 3.8) is 0 Å². The lowest BCUT2D eigenvalue weighted by atomic mass is 10.1. The first-order valence-electron chi connectivity index (χ1n) is 6.56. The van der Waals surface area contributed by atoms with Gasteiger partial charge in [0.2, 0.25) is 5.69 Å². The SMILES string of the molecule is Cc1ccccc1-c1cc(F)c([Si](C)(C)C)c[n+]1C. The first-order valence-corrected chi connectivity index (χ1v) is 10.1. The molecule has 2 aromatic rings. The zero-order valence-electron chi connectivity index (χ0n) is 12.3. The highest BCUT2D eigenvalue weighted by Crippen LogP contribution is 2.20. The third kappa shape index (κ3) is 2.76. The molecular formula is C16H21FNSi+. The predicted molar refractivity (Wildman–Crippen MR) is 80.7 cm³/mol. The van der Waals surface area contributed by atoms with E-state index in [4.69, 9.17) is 0 Å². The van der Waals surface area contributed by atoms with E-state index in [1.54, 1.807) is 6.07 Å². The second-order valence-electron chi connectivity index (χ2n) is 6.10. The van der Waals surface area contributed by atoms with Gasteiger partial charge in [0, 0.05) is 16.8 Å². The average Bonchev–Trinajstić information content (AvgIpc) is 2.31. The molecule has 0 saturated carbocycles. The number of benzene rings is 1. The van der Waals surface area contributed by atoms with Crippen LogP contribution >= 0.6 is 0 Å². The van der Waals surface area contributed by atoms with E-state index >= 15 is 0 Å². The van der Waals surface area contributed by atoms with Crippen molar-refractivity contribution in [1.82, 2.24) is 0 Å². The van der Waals surface area contributed by atoms with E-state index in [0.717, 1.165) is 16.4 Å². The molecule has 1 aromatic carbocycles. The van der Waals surface area contributed by atoms with Gasteiger partial charge in [-0.1, -0.05) is 37.8 Å². The Morgan fingerprint density at radius 3 is 2.32 bits per heavy atom. The van der Waals surface area contributed by atoms with Gasteiger partial charge in [0.25, 0.3) is 0 Å². The van der Waals surface area contributed by atoms with Crippen molar-refractivity contribution < 1.29 is 8.96 Å². The minimum Gasteiger partial charge on any atom is -0.207 e. The molecule has 0 unspecified atom stereocenters. The van der Waals surface area contributed by atoms with E-state index < -0.39 is 8.07 Å². The summed E-state index contributed by atoms with van der Waals surface area (Å²) in [6.45, 7) is 8.55. The Balaban J connectivity index is 2.63. The van der Waals surface area contributed by atoms with Crippen molar-refractivity contribution in [2.75, 3.05) is 0 Å². The minimum atomic E-state index is -1.64. The molecule has 1 nitrogen and oxygen atoms in total. The maximum Gasteiger partial charge on any atom is 0.215 e. The Morgan fingerprint density at radius 2 is 1.74 bits per heavy atom. The molecule has 3 heteroatoms. The predicted octanol–water partition coefficient (Wildman–Crippen LogP) is 3.17. The Morgan fingerprint density at radius 1 is 1.11 bits per heavy atom. The first-order chi connectivity index (χ1) is 8.80. The van der Waals surface area contributed by atoms with Crippen molar-refractivity contribution in [1.29, 1.82) is 0 Å². The first kappa shape index (κ1) is 13.9. The summed E-state index contributed by atoms with van der Waals surface area (Å²) >= 11 is 0. The molecule has 19 heavy (non-hydrogen) atoms. The number of aryl methyl sites for hydroxylation is 2. The molecule has 0 aliphatic carbocycles. The van der Waals surface area contributed by atoms with Gasteiger partial charge in [-0.2, -0.15) is 0 Å². The normalized spacial score (nSPS) is 11.7. The summed E-state index contributed by atoms with van der Waals surface area (Å²) in [6, 6.07) is 9.77. The lowest BCUT2D eigenvalue weighted by molar-refractivity contribution is -0.659. The lowest BCUT2D eigenvalue weighted by Crippen LogP contribution is -2.47. The molecule has 0 spiro atoms. The van der Waals surface area contributed by atoms with Gasteiger partial charge in [-0.3, -0.25) is 0 Å². The number of pyridine rings is 1. The van der Waals surface area contributed by atoms with Crippen LogP contribution in [-0.2, 0) is 7.05 Å². The fourth-order valence-corrected chi connectivity index (χ4v) is 3.67. The zero-order valence-corrected chi connectivity index (χ0v) is 13.3. The molecule has 0 radical (unpaired) electrons. The maximum absolute atomic E-state index is 14.4. The molecule has 100 valence electrons. The number of nitrogens with zero attached hydrogens (tertiary/aromatic N) is 1. The number of aromatic nitrogens is 1. The third-order valence-electron chi connectivity index (χ3n) is 3.45. The van der Waals surface area contributed by atoms with Crippen LogP contribution in [0.3, 0.4) is 0 Å². The summed E-state index contributed by atoms with van der Waals surface area (Å²) in [6.07, 6.45) is 1.96. The van der Waals surface area contributed by atoms with Gasteiger partial charge in [-0.25, -0.2) is 8.96 Å². The van der Waals surface area contributed by atoms with Crippen LogP contribution < -0.4 is 9.75 Å². The van der Waals surface area contributed by atoms with Crippen molar-refractivity contribution >= 4 is 13.3 Å². The molecule has 1 aromatic heterocycles. The molecule has 2 rings (SSSR count). The fraction of sp³-hybridized carbons (Fsp3) is 0.312. The molecule has 0 saturated heterocycles. The van der Waals surface area contributed by atoms with Gasteiger partial charge < -0.3 is 0 Å². The van der Waals surface area contributed by atoms with Crippen LogP contribution in [0.2, 0.25) is 19.6 Å². The highest BCUT2D eigenvalue weighted by molar-refractivity contribution is 6.88. The minimum absolute atomic E-state index is 0.0736. The van der Waals surface area contributed by atoms with Crippen LogP contribution in [0.1, 0.15) is 5.56 Å². The second-order valence-corrected chi connectivity index (χ2v) is 11.1. The fourth-order valence-electron chi connectivity index (χ4n) is 2.30. The quantitative estimate of drug-likeness (QED) is 0.585. The van der Waals surface area contributed by atoms with Crippen molar-refractivity contribution in [3.8, 4) is 11.3 Å². The topological polar surface area (TPSA) is 3.88 Å². The summed E-state index contributed by atoms with van der Waals surface area (Å²) in [5.74, 6) is -0.0736. The standard InChI is InChI=1S/C16H21FNSi/c1-12-8-6-7-9-13(12)15-10-14(17)16(11-18(15)2)19(3,4)5/h6-11H,1-5H3/q+1. The number of halogens is 1. The molecule has 0 aliphatic heterocycles. The highest BCUT2D eigenvalue weighted by atomic mass is 28.3. The summed E-state index contributed by atoms with van der Waals surface area (Å²) in [5.41, 5.74) is 3.18. The third-order valence-corrected chi connectivity index (χ3v) is 5.44. The van der Waals surface area contributed by atoms with Gasteiger partial charge in [0.15, 0.2) is 6.20 Å². The van der Waals surface area contributed by atoms with Gasteiger partial charge >= 0.3 is 0 Å². The monoisotopic (exact) mass is 274 g/mol. The molecule has 0 amide bonds. The van der Waals surface area contributed by atoms with Crippen LogP contribution in [0.4, 0.5) is 4.39 Å².